The minimum absolute atomic E-state index is 0.750. The highest BCUT2D eigenvalue weighted by atomic mass is 15.2. The molecular formula is C18H26N2. The standard InChI is InChI=1S/C18H26N2/c1-2-20(18-11-15-7-8-16(12-18)19-15)17-9-13-5-3-4-6-14(13)10-17/h3-6,15-19H,2,7-12H2,1H3. The third kappa shape index (κ3) is 2.19. The van der Waals surface area contributed by atoms with E-state index in [1.165, 1.54) is 45.1 Å². The fraction of sp³-hybridized carbons (Fsp3) is 0.667. The van der Waals surface area contributed by atoms with Crippen molar-refractivity contribution in [1.82, 2.24) is 10.2 Å². The zero-order valence-electron chi connectivity index (χ0n) is 12.5. The summed E-state index contributed by atoms with van der Waals surface area (Å²) in [6, 6.07) is 12.2. The molecular weight excluding hydrogens is 244 g/mol. The smallest absolute Gasteiger partial charge is 0.0179 e. The Morgan fingerprint density at radius 2 is 1.60 bits per heavy atom. The van der Waals surface area contributed by atoms with Gasteiger partial charge < -0.3 is 5.32 Å². The fourth-order valence-corrected chi connectivity index (χ4v) is 4.88. The fourth-order valence-electron chi connectivity index (χ4n) is 4.88. The Hall–Kier alpha value is -0.860. The number of likely N-dealkylation sites (N-methyl/N-ethyl adjacent to an activating group) is 1. The molecule has 0 spiro atoms. The third-order valence-electron chi connectivity index (χ3n) is 5.78. The molecule has 1 aromatic rings. The first-order chi connectivity index (χ1) is 9.83. The molecule has 2 nitrogen and oxygen atoms in total. The Morgan fingerprint density at radius 3 is 2.15 bits per heavy atom. The highest BCUT2D eigenvalue weighted by molar-refractivity contribution is 5.33. The highest BCUT2D eigenvalue weighted by Gasteiger charge is 2.38. The Labute approximate surface area is 122 Å². The normalized spacial score (nSPS) is 32.8. The maximum Gasteiger partial charge on any atom is 0.0179 e. The summed E-state index contributed by atoms with van der Waals surface area (Å²) in [4.78, 5) is 2.83. The molecule has 2 heteroatoms. The van der Waals surface area contributed by atoms with Crippen molar-refractivity contribution in [3.63, 3.8) is 0 Å². The zero-order chi connectivity index (χ0) is 13.5. The molecule has 2 aliphatic heterocycles. The summed E-state index contributed by atoms with van der Waals surface area (Å²) >= 11 is 0. The van der Waals surface area contributed by atoms with Crippen LogP contribution in [0.5, 0.6) is 0 Å². The zero-order valence-corrected chi connectivity index (χ0v) is 12.5. The minimum atomic E-state index is 0.750. The molecule has 0 radical (unpaired) electrons. The second kappa shape index (κ2) is 5.16. The summed E-state index contributed by atoms with van der Waals surface area (Å²) in [5.41, 5.74) is 3.18. The lowest BCUT2D eigenvalue weighted by Gasteiger charge is -2.40. The van der Waals surface area contributed by atoms with E-state index in [1.807, 2.05) is 0 Å². The van der Waals surface area contributed by atoms with E-state index in [0.717, 1.165) is 24.2 Å². The van der Waals surface area contributed by atoms with Crippen LogP contribution in [0, 0.1) is 0 Å². The van der Waals surface area contributed by atoms with Crippen LogP contribution in [0.25, 0.3) is 0 Å². The van der Waals surface area contributed by atoms with Gasteiger partial charge in [-0.3, -0.25) is 4.90 Å². The van der Waals surface area contributed by atoms with E-state index in [2.05, 4.69) is 41.4 Å². The predicted molar refractivity (Wildman–Crippen MR) is 83.0 cm³/mol. The van der Waals surface area contributed by atoms with Gasteiger partial charge in [-0.25, -0.2) is 0 Å². The van der Waals surface area contributed by atoms with Gasteiger partial charge in [-0.1, -0.05) is 31.2 Å². The molecule has 1 aliphatic carbocycles. The number of hydrogen-bond acceptors (Lipinski definition) is 2. The maximum atomic E-state index is 3.78. The summed E-state index contributed by atoms with van der Waals surface area (Å²) < 4.78 is 0. The van der Waals surface area contributed by atoms with E-state index in [0.29, 0.717) is 0 Å². The van der Waals surface area contributed by atoms with Crippen molar-refractivity contribution in [3.8, 4) is 0 Å². The molecule has 4 rings (SSSR count). The third-order valence-corrected chi connectivity index (χ3v) is 5.78. The number of rotatable bonds is 3. The second-order valence-corrected chi connectivity index (χ2v) is 6.92. The number of nitrogens with one attached hydrogen (secondary N) is 1. The van der Waals surface area contributed by atoms with Gasteiger partial charge in [0.2, 0.25) is 0 Å². The van der Waals surface area contributed by atoms with Gasteiger partial charge in [0.25, 0.3) is 0 Å². The Bertz CT molecular complexity index is 447. The molecule has 3 aliphatic rings. The minimum Gasteiger partial charge on any atom is -0.311 e. The van der Waals surface area contributed by atoms with Crippen LogP contribution in [-0.2, 0) is 12.8 Å². The summed E-state index contributed by atoms with van der Waals surface area (Å²) in [5, 5.41) is 3.78. The van der Waals surface area contributed by atoms with Crippen molar-refractivity contribution >= 4 is 0 Å². The number of nitrogens with zero attached hydrogens (tertiary/aromatic N) is 1. The lowest BCUT2D eigenvalue weighted by atomic mass is 9.96. The molecule has 2 atom stereocenters. The van der Waals surface area contributed by atoms with Gasteiger partial charge in [0.1, 0.15) is 0 Å². The first-order valence-corrected chi connectivity index (χ1v) is 8.42. The number of piperidine rings is 1. The first kappa shape index (κ1) is 12.8. The molecule has 1 aromatic carbocycles. The monoisotopic (exact) mass is 270 g/mol. The molecule has 0 aromatic heterocycles. The van der Waals surface area contributed by atoms with E-state index in [-0.39, 0.29) is 0 Å². The topological polar surface area (TPSA) is 15.3 Å². The quantitative estimate of drug-likeness (QED) is 0.908. The van der Waals surface area contributed by atoms with E-state index in [9.17, 15) is 0 Å². The largest absolute Gasteiger partial charge is 0.311 e. The van der Waals surface area contributed by atoms with Crippen LogP contribution in [0.4, 0.5) is 0 Å². The van der Waals surface area contributed by atoms with Gasteiger partial charge in [0, 0.05) is 24.2 Å². The summed E-state index contributed by atoms with van der Waals surface area (Å²) in [6.07, 6.45) is 8.09. The highest BCUT2D eigenvalue weighted by Crippen LogP contribution is 2.33. The molecule has 0 amide bonds. The van der Waals surface area contributed by atoms with Crippen molar-refractivity contribution in [3.05, 3.63) is 35.4 Å². The molecule has 2 heterocycles. The molecule has 2 bridgehead atoms. The summed E-state index contributed by atoms with van der Waals surface area (Å²) in [5.74, 6) is 0. The molecule has 20 heavy (non-hydrogen) atoms. The number of hydrogen-bond donors (Lipinski definition) is 1. The van der Waals surface area contributed by atoms with E-state index < -0.39 is 0 Å². The maximum absolute atomic E-state index is 3.78. The Kier molecular flexibility index (Phi) is 3.31. The van der Waals surface area contributed by atoms with Crippen LogP contribution in [0.3, 0.4) is 0 Å². The number of benzene rings is 1. The first-order valence-electron chi connectivity index (χ1n) is 8.42. The SMILES string of the molecule is CCN(C1Cc2ccccc2C1)C1CC2CCC(C1)N2. The van der Waals surface area contributed by atoms with Crippen molar-refractivity contribution in [2.24, 2.45) is 0 Å². The second-order valence-electron chi connectivity index (χ2n) is 6.92. The molecule has 2 fully saturated rings. The van der Waals surface area contributed by atoms with Gasteiger partial charge in [-0.05, 0) is 56.2 Å². The van der Waals surface area contributed by atoms with Crippen LogP contribution in [0.2, 0.25) is 0 Å². The predicted octanol–water partition coefficient (Wildman–Crippen LogP) is 2.76. The van der Waals surface area contributed by atoms with Crippen molar-refractivity contribution in [2.45, 2.75) is 69.6 Å². The van der Waals surface area contributed by atoms with Gasteiger partial charge in [0.05, 0.1) is 0 Å². The van der Waals surface area contributed by atoms with Crippen LogP contribution < -0.4 is 5.32 Å². The van der Waals surface area contributed by atoms with Crippen LogP contribution in [0.1, 0.15) is 43.7 Å². The molecule has 2 saturated heterocycles. The average Bonchev–Trinajstić information content (AvgIpc) is 3.03. The van der Waals surface area contributed by atoms with E-state index in [4.69, 9.17) is 0 Å². The van der Waals surface area contributed by atoms with Crippen molar-refractivity contribution in [2.75, 3.05) is 6.54 Å². The molecule has 1 N–H and O–H groups in total. The molecule has 0 saturated carbocycles. The van der Waals surface area contributed by atoms with Gasteiger partial charge in [0.15, 0.2) is 0 Å². The van der Waals surface area contributed by atoms with Crippen LogP contribution in [0.15, 0.2) is 24.3 Å². The van der Waals surface area contributed by atoms with Gasteiger partial charge >= 0.3 is 0 Å². The van der Waals surface area contributed by atoms with Crippen molar-refractivity contribution in [1.29, 1.82) is 0 Å². The lowest BCUT2D eigenvalue weighted by molar-refractivity contribution is 0.104. The summed E-state index contributed by atoms with van der Waals surface area (Å²) in [6.45, 7) is 3.57. The van der Waals surface area contributed by atoms with E-state index >= 15 is 0 Å². The molecule has 2 unspecified atom stereocenters. The summed E-state index contributed by atoms with van der Waals surface area (Å²) in [7, 11) is 0. The number of fused-ring (bicyclic) bond motifs is 3. The lowest BCUT2D eigenvalue weighted by Crippen LogP contribution is -2.51. The van der Waals surface area contributed by atoms with Crippen molar-refractivity contribution < 1.29 is 0 Å². The van der Waals surface area contributed by atoms with E-state index in [1.54, 1.807) is 11.1 Å². The Morgan fingerprint density at radius 1 is 1.00 bits per heavy atom. The van der Waals surface area contributed by atoms with Gasteiger partial charge in [-0.2, -0.15) is 0 Å². The average molecular weight is 270 g/mol. The van der Waals surface area contributed by atoms with Gasteiger partial charge in [-0.15, -0.1) is 0 Å². The van der Waals surface area contributed by atoms with Crippen LogP contribution in [-0.4, -0.2) is 35.6 Å². The molecule has 108 valence electrons. The Balaban J connectivity index is 1.49. The van der Waals surface area contributed by atoms with Crippen LogP contribution >= 0.6 is 0 Å².